The first-order chi connectivity index (χ1) is 23.4. The minimum atomic E-state index is -0.758. The van der Waals surface area contributed by atoms with Crippen molar-refractivity contribution >= 4 is 23.2 Å². The molecule has 1 saturated carbocycles. The number of hydrogen-bond acceptors (Lipinski definition) is 7. The molecule has 48 heavy (non-hydrogen) atoms. The second kappa shape index (κ2) is 17.7. The van der Waals surface area contributed by atoms with Crippen LogP contribution < -0.4 is 15.5 Å². The first-order valence-corrected chi connectivity index (χ1v) is 17.0. The standard InChI is InChI=1S/C39H48N4O5/c1-3-7-33-23-29(19-21-47-26-31-10-11-31)12-17-36(33)48-27-35(44)25-43(24-30-8-5-4-6-9-30)20-18-37(45)40-34-15-13-32(14-16-34)39-28(2)22-38(46)41-42-39/h3-6,8-9,12-17,23,28,31,35,44H,1,7,10-11,18-22,24-27H2,2H3,(H,40,45)(H,41,46). The molecule has 3 N–H and O–H groups in total. The number of aliphatic hydroxyl groups excluding tert-OH is 1. The topological polar surface area (TPSA) is 112 Å². The molecule has 0 saturated heterocycles. The average Bonchev–Trinajstić information content (AvgIpc) is 3.91. The number of aliphatic hydroxyl groups is 1. The maximum Gasteiger partial charge on any atom is 0.240 e. The van der Waals surface area contributed by atoms with E-state index in [0.29, 0.717) is 44.8 Å². The number of benzene rings is 3. The fourth-order valence-electron chi connectivity index (χ4n) is 5.79. The number of allylic oxidation sites excluding steroid dienone is 1. The third-order valence-corrected chi connectivity index (χ3v) is 8.60. The zero-order chi connectivity index (χ0) is 33.7. The molecule has 9 nitrogen and oxygen atoms in total. The van der Waals surface area contributed by atoms with Gasteiger partial charge in [0.2, 0.25) is 11.8 Å². The molecule has 254 valence electrons. The van der Waals surface area contributed by atoms with Gasteiger partial charge in [0.05, 0.1) is 12.3 Å². The van der Waals surface area contributed by atoms with Gasteiger partial charge in [-0.15, -0.1) is 6.58 Å². The Kier molecular flexibility index (Phi) is 12.9. The summed E-state index contributed by atoms with van der Waals surface area (Å²) in [6.45, 7) is 8.98. The molecular weight excluding hydrogens is 604 g/mol. The second-order valence-electron chi connectivity index (χ2n) is 12.9. The maximum atomic E-state index is 13.0. The molecule has 1 fully saturated rings. The Morgan fingerprint density at radius 2 is 1.92 bits per heavy atom. The summed E-state index contributed by atoms with van der Waals surface area (Å²) < 4.78 is 11.9. The summed E-state index contributed by atoms with van der Waals surface area (Å²) in [5, 5.41) is 18.2. The molecule has 1 aliphatic heterocycles. The SMILES string of the molecule is C=CCc1cc(CCOCC2CC2)ccc1OCC(O)CN(CCC(=O)Nc1ccc(C2=NNC(=O)CC2C)cc1)Cc1ccccc1. The number of nitrogens with one attached hydrogen (secondary N) is 2. The Morgan fingerprint density at radius 3 is 2.65 bits per heavy atom. The average molecular weight is 653 g/mol. The highest BCUT2D eigenvalue weighted by Gasteiger charge is 2.22. The van der Waals surface area contributed by atoms with Crippen molar-refractivity contribution in [2.45, 2.75) is 58.1 Å². The lowest BCUT2D eigenvalue weighted by Gasteiger charge is -2.25. The summed E-state index contributed by atoms with van der Waals surface area (Å²) in [4.78, 5) is 26.6. The van der Waals surface area contributed by atoms with E-state index in [2.05, 4.69) is 39.5 Å². The van der Waals surface area contributed by atoms with E-state index < -0.39 is 6.10 Å². The molecule has 0 radical (unpaired) electrons. The Bertz CT molecular complexity index is 1540. The number of hydrogen-bond donors (Lipinski definition) is 3. The largest absolute Gasteiger partial charge is 0.491 e. The highest BCUT2D eigenvalue weighted by Crippen LogP contribution is 2.29. The van der Waals surface area contributed by atoms with Gasteiger partial charge in [0.1, 0.15) is 18.5 Å². The van der Waals surface area contributed by atoms with Gasteiger partial charge < -0.3 is 19.9 Å². The number of anilines is 1. The number of nitrogens with zero attached hydrogens (tertiary/aromatic N) is 2. The van der Waals surface area contributed by atoms with Gasteiger partial charge in [-0.1, -0.05) is 67.6 Å². The van der Waals surface area contributed by atoms with Gasteiger partial charge in [0.25, 0.3) is 0 Å². The zero-order valence-electron chi connectivity index (χ0n) is 27.9. The molecule has 9 heteroatoms. The number of ether oxygens (including phenoxy) is 2. The summed E-state index contributed by atoms with van der Waals surface area (Å²) in [5.41, 5.74) is 8.30. The van der Waals surface area contributed by atoms with E-state index in [0.717, 1.165) is 47.1 Å². The van der Waals surface area contributed by atoms with E-state index in [-0.39, 0.29) is 30.8 Å². The van der Waals surface area contributed by atoms with Crippen LogP contribution in [0.15, 0.2) is 90.6 Å². The van der Waals surface area contributed by atoms with Crippen molar-refractivity contribution < 1.29 is 24.2 Å². The van der Waals surface area contributed by atoms with Crippen molar-refractivity contribution in [3.05, 3.63) is 108 Å². The van der Waals surface area contributed by atoms with Gasteiger partial charge in [0.15, 0.2) is 0 Å². The molecule has 0 aromatic heterocycles. The van der Waals surface area contributed by atoms with Crippen molar-refractivity contribution in [1.82, 2.24) is 10.3 Å². The van der Waals surface area contributed by atoms with Crippen molar-refractivity contribution in [2.75, 3.05) is 38.2 Å². The van der Waals surface area contributed by atoms with Crippen LogP contribution in [0.1, 0.15) is 54.9 Å². The predicted octanol–water partition coefficient (Wildman–Crippen LogP) is 5.52. The van der Waals surface area contributed by atoms with E-state index >= 15 is 0 Å². The van der Waals surface area contributed by atoms with Gasteiger partial charge in [-0.2, -0.15) is 5.10 Å². The Balaban J connectivity index is 1.13. The monoisotopic (exact) mass is 652 g/mol. The van der Waals surface area contributed by atoms with Crippen LogP contribution in [0, 0.1) is 11.8 Å². The molecule has 1 aliphatic carbocycles. The molecule has 2 unspecified atom stereocenters. The van der Waals surface area contributed by atoms with E-state index in [1.54, 1.807) is 0 Å². The van der Waals surface area contributed by atoms with E-state index in [1.807, 2.05) is 73.7 Å². The Hall–Kier alpha value is -4.31. The highest BCUT2D eigenvalue weighted by atomic mass is 16.5. The number of rotatable bonds is 19. The minimum Gasteiger partial charge on any atom is -0.491 e. The van der Waals surface area contributed by atoms with Crippen LogP contribution in [-0.4, -0.2) is 66.5 Å². The molecule has 5 rings (SSSR count). The first kappa shape index (κ1) is 35.0. The lowest BCUT2D eigenvalue weighted by atomic mass is 9.94. The summed E-state index contributed by atoms with van der Waals surface area (Å²) >= 11 is 0. The molecule has 3 aromatic rings. The Labute approximate surface area is 284 Å². The van der Waals surface area contributed by atoms with Crippen LogP contribution in [0.2, 0.25) is 0 Å². The summed E-state index contributed by atoms with van der Waals surface area (Å²) in [7, 11) is 0. The fraction of sp³-hybridized carbons (Fsp3) is 0.410. The van der Waals surface area contributed by atoms with E-state index in [9.17, 15) is 14.7 Å². The quantitative estimate of drug-likeness (QED) is 0.116. The van der Waals surface area contributed by atoms with Crippen molar-refractivity contribution in [2.24, 2.45) is 16.9 Å². The van der Waals surface area contributed by atoms with Crippen molar-refractivity contribution in [3.63, 3.8) is 0 Å². The molecule has 0 spiro atoms. The molecule has 0 bridgehead atoms. The number of carbonyl (C=O) groups is 2. The predicted molar refractivity (Wildman–Crippen MR) is 189 cm³/mol. The van der Waals surface area contributed by atoms with Gasteiger partial charge >= 0.3 is 0 Å². The molecular formula is C39H48N4O5. The van der Waals surface area contributed by atoms with Crippen LogP contribution >= 0.6 is 0 Å². The van der Waals surface area contributed by atoms with Gasteiger partial charge in [0, 0.05) is 50.7 Å². The highest BCUT2D eigenvalue weighted by molar-refractivity contribution is 6.06. The summed E-state index contributed by atoms with van der Waals surface area (Å²) in [5.74, 6) is 1.32. The molecule has 2 amide bonds. The van der Waals surface area contributed by atoms with Crippen LogP contribution in [0.4, 0.5) is 5.69 Å². The Morgan fingerprint density at radius 1 is 1.12 bits per heavy atom. The van der Waals surface area contributed by atoms with E-state index in [4.69, 9.17) is 9.47 Å². The third kappa shape index (κ3) is 11.1. The number of hydrazone groups is 1. The molecule has 2 atom stereocenters. The van der Waals surface area contributed by atoms with E-state index in [1.165, 1.54) is 18.4 Å². The van der Waals surface area contributed by atoms with Crippen LogP contribution in [0.5, 0.6) is 5.75 Å². The normalized spacial score (nSPS) is 16.6. The molecule has 1 heterocycles. The number of carbonyl (C=O) groups excluding carboxylic acids is 2. The van der Waals surface area contributed by atoms with Gasteiger partial charge in [-0.25, -0.2) is 5.43 Å². The van der Waals surface area contributed by atoms with Crippen LogP contribution in [0.3, 0.4) is 0 Å². The second-order valence-corrected chi connectivity index (χ2v) is 12.9. The van der Waals surface area contributed by atoms with Gasteiger partial charge in [-0.3, -0.25) is 14.5 Å². The smallest absolute Gasteiger partial charge is 0.240 e. The fourth-order valence-corrected chi connectivity index (χ4v) is 5.79. The number of amides is 2. The molecule has 3 aromatic carbocycles. The lowest BCUT2D eigenvalue weighted by Crippen LogP contribution is -2.37. The molecule has 2 aliphatic rings. The third-order valence-electron chi connectivity index (χ3n) is 8.60. The van der Waals surface area contributed by atoms with Crippen molar-refractivity contribution in [1.29, 1.82) is 0 Å². The zero-order valence-corrected chi connectivity index (χ0v) is 27.9. The van der Waals surface area contributed by atoms with Crippen molar-refractivity contribution in [3.8, 4) is 5.75 Å². The van der Waals surface area contributed by atoms with Crippen LogP contribution in [0.25, 0.3) is 0 Å². The summed E-state index contributed by atoms with van der Waals surface area (Å²) in [6, 6.07) is 23.7. The first-order valence-electron chi connectivity index (χ1n) is 17.0. The minimum absolute atomic E-state index is 0.0248. The maximum absolute atomic E-state index is 13.0. The van der Waals surface area contributed by atoms with Gasteiger partial charge in [-0.05, 0) is 72.1 Å². The van der Waals surface area contributed by atoms with Crippen LogP contribution in [-0.2, 0) is 33.7 Å². The summed E-state index contributed by atoms with van der Waals surface area (Å²) in [6.07, 6.45) is 5.86. The lowest BCUT2D eigenvalue weighted by molar-refractivity contribution is -0.122.